The van der Waals surface area contributed by atoms with Gasteiger partial charge >= 0.3 is 6.03 Å². The fourth-order valence-electron chi connectivity index (χ4n) is 2.70. The summed E-state index contributed by atoms with van der Waals surface area (Å²) in [6.45, 7) is 9.57. The van der Waals surface area contributed by atoms with Gasteiger partial charge in [0.15, 0.2) is 9.84 Å². The highest BCUT2D eigenvalue weighted by Gasteiger charge is 2.29. The Bertz CT molecular complexity index is 454. The van der Waals surface area contributed by atoms with Gasteiger partial charge in [-0.25, -0.2) is 13.2 Å². The Labute approximate surface area is 129 Å². The van der Waals surface area contributed by atoms with E-state index in [-0.39, 0.29) is 24.4 Å². The lowest BCUT2D eigenvalue weighted by Crippen LogP contribution is -2.48. The first-order chi connectivity index (χ1) is 9.53. The molecule has 3 atom stereocenters. The van der Waals surface area contributed by atoms with Gasteiger partial charge in [-0.05, 0) is 51.9 Å². The molecule has 124 valence electrons. The minimum Gasteiger partial charge on any atom is -0.337 e. The predicted molar refractivity (Wildman–Crippen MR) is 86.0 cm³/mol. The van der Waals surface area contributed by atoms with E-state index in [2.05, 4.69) is 24.5 Å². The van der Waals surface area contributed by atoms with Crippen LogP contribution in [-0.2, 0) is 9.84 Å². The molecule has 0 heterocycles. The quantitative estimate of drug-likeness (QED) is 0.835. The summed E-state index contributed by atoms with van der Waals surface area (Å²) in [7, 11) is -3.19. The number of amides is 2. The van der Waals surface area contributed by atoms with Gasteiger partial charge in [-0.1, -0.05) is 13.8 Å². The van der Waals surface area contributed by atoms with Crippen LogP contribution in [0.25, 0.3) is 0 Å². The molecule has 0 radical (unpaired) electrons. The van der Waals surface area contributed by atoms with E-state index in [1.54, 1.807) is 20.8 Å². The van der Waals surface area contributed by atoms with E-state index in [9.17, 15) is 13.2 Å². The maximum atomic E-state index is 11.9. The number of carbonyl (C=O) groups is 1. The van der Waals surface area contributed by atoms with Crippen molar-refractivity contribution in [3.63, 3.8) is 0 Å². The predicted octanol–water partition coefficient (Wildman–Crippen LogP) is 2.32. The van der Waals surface area contributed by atoms with Gasteiger partial charge in [0, 0.05) is 12.6 Å². The van der Waals surface area contributed by atoms with Crippen LogP contribution in [0.5, 0.6) is 0 Å². The third kappa shape index (κ3) is 5.49. The molecule has 6 heteroatoms. The number of hydrogen-bond acceptors (Lipinski definition) is 3. The molecule has 0 aromatic rings. The Hall–Kier alpha value is -0.780. The molecule has 0 aromatic carbocycles. The Morgan fingerprint density at radius 1 is 1.19 bits per heavy atom. The van der Waals surface area contributed by atoms with E-state index in [1.807, 2.05) is 0 Å². The van der Waals surface area contributed by atoms with E-state index < -0.39 is 14.6 Å². The van der Waals surface area contributed by atoms with Gasteiger partial charge in [-0.15, -0.1) is 0 Å². The van der Waals surface area contributed by atoms with Crippen molar-refractivity contribution in [1.29, 1.82) is 0 Å². The van der Waals surface area contributed by atoms with Crippen LogP contribution in [0.3, 0.4) is 0 Å². The number of carbonyl (C=O) groups excluding carboxylic acids is 1. The van der Waals surface area contributed by atoms with Crippen molar-refractivity contribution >= 4 is 15.9 Å². The largest absolute Gasteiger partial charge is 0.337 e. The Morgan fingerprint density at radius 2 is 1.81 bits per heavy atom. The van der Waals surface area contributed by atoms with Crippen LogP contribution in [0.1, 0.15) is 53.9 Å². The highest BCUT2D eigenvalue weighted by atomic mass is 32.2. The molecule has 1 saturated carbocycles. The second-order valence-electron chi connectivity index (χ2n) is 7.33. The minimum atomic E-state index is -3.19. The first-order valence-electron chi connectivity index (χ1n) is 7.79. The van der Waals surface area contributed by atoms with E-state index >= 15 is 0 Å². The maximum Gasteiger partial charge on any atom is 0.315 e. The normalized spacial score (nSPS) is 27.2. The molecule has 1 aliphatic rings. The summed E-state index contributed by atoms with van der Waals surface area (Å²) in [4.78, 5) is 11.9. The molecule has 5 nitrogen and oxygen atoms in total. The fourth-order valence-corrected chi connectivity index (χ4v) is 3.69. The summed E-state index contributed by atoms with van der Waals surface area (Å²) < 4.78 is 23.1. The number of nitrogens with one attached hydrogen (secondary N) is 2. The van der Waals surface area contributed by atoms with Crippen LogP contribution >= 0.6 is 0 Å². The second-order valence-corrected chi connectivity index (χ2v) is 10.2. The molecule has 0 saturated heterocycles. The van der Waals surface area contributed by atoms with Gasteiger partial charge in [-0.2, -0.15) is 0 Å². The van der Waals surface area contributed by atoms with Gasteiger partial charge in [-0.3, -0.25) is 0 Å². The molecule has 1 fully saturated rings. The van der Waals surface area contributed by atoms with Crippen molar-refractivity contribution < 1.29 is 13.2 Å². The first kappa shape index (κ1) is 18.3. The summed E-state index contributed by atoms with van der Waals surface area (Å²) in [5, 5.41) is 5.63. The zero-order chi connectivity index (χ0) is 16.3. The molecule has 2 N–H and O–H groups in total. The van der Waals surface area contributed by atoms with Crippen LogP contribution in [0.2, 0.25) is 0 Å². The number of sulfone groups is 1. The molecule has 21 heavy (non-hydrogen) atoms. The molecular formula is C15H30N2O3S. The van der Waals surface area contributed by atoms with Crippen molar-refractivity contribution in [3.05, 3.63) is 0 Å². The number of rotatable bonds is 4. The summed E-state index contributed by atoms with van der Waals surface area (Å²) in [5.41, 5.74) is 0. The average molecular weight is 318 g/mol. The highest BCUT2D eigenvalue weighted by molar-refractivity contribution is 7.92. The van der Waals surface area contributed by atoms with Crippen molar-refractivity contribution in [2.45, 2.75) is 64.7 Å². The lowest BCUT2D eigenvalue weighted by molar-refractivity contribution is 0.207. The molecule has 2 amide bonds. The zero-order valence-corrected chi connectivity index (χ0v) is 14.7. The van der Waals surface area contributed by atoms with E-state index in [1.165, 1.54) is 0 Å². The molecular weight excluding hydrogens is 288 g/mol. The Balaban J connectivity index is 2.35. The number of hydrogen-bond donors (Lipinski definition) is 2. The van der Waals surface area contributed by atoms with Crippen molar-refractivity contribution in [2.24, 2.45) is 11.8 Å². The minimum absolute atomic E-state index is 0.0266. The third-order valence-corrected chi connectivity index (χ3v) is 6.94. The summed E-state index contributed by atoms with van der Waals surface area (Å²) in [6.07, 6.45) is 3.26. The molecule has 0 bridgehead atoms. The lowest BCUT2D eigenvalue weighted by atomic mass is 9.80. The van der Waals surface area contributed by atoms with Crippen LogP contribution < -0.4 is 10.6 Å². The molecule has 0 aliphatic heterocycles. The van der Waals surface area contributed by atoms with Crippen LogP contribution in [-0.4, -0.2) is 37.5 Å². The molecule has 1 aliphatic carbocycles. The molecule has 0 aromatic heterocycles. The van der Waals surface area contributed by atoms with Crippen LogP contribution in [0.4, 0.5) is 4.79 Å². The smallest absolute Gasteiger partial charge is 0.315 e. The van der Waals surface area contributed by atoms with Gasteiger partial charge < -0.3 is 10.6 Å². The fraction of sp³-hybridized carbons (Fsp3) is 0.933. The van der Waals surface area contributed by atoms with Gasteiger partial charge in [0.05, 0.1) is 10.5 Å². The topological polar surface area (TPSA) is 75.3 Å². The van der Waals surface area contributed by atoms with Crippen molar-refractivity contribution in [2.75, 3.05) is 12.3 Å². The standard InChI is InChI=1S/C15H30N2O3S/c1-11-6-7-13(12(2)10-11)17-14(18)16-8-9-21(19,20)15(3,4)5/h11-13H,6-10H2,1-5H3,(H2,16,17,18)/t11-,12+,13-/m0/s1. The summed E-state index contributed by atoms with van der Waals surface area (Å²) in [5.74, 6) is 1.16. The molecule has 0 spiro atoms. The monoisotopic (exact) mass is 318 g/mol. The number of urea groups is 1. The Kier molecular flexibility index (Phi) is 6.08. The van der Waals surface area contributed by atoms with Gasteiger partial charge in [0.1, 0.15) is 0 Å². The van der Waals surface area contributed by atoms with Crippen LogP contribution in [0.15, 0.2) is 0 Å². The average Bonchev–Trinajstić information content (AvgIpc) is 2.31. The SMILES string of the molecule is C[C@H]1CC[C@H](NC(=O)NCCS(=O)(=O)C(C)(C)C)[C@H](C)C1. The lowest BCUT2D eigenvalue weighted by Gasteiger charge is -2.33. The summed E-state index contributed by atoms with van der Waals surface area (Å²) in [6, 6.07) is -0.0639. The highest BCUT2D eigenvalue weighted by Crippen LogP contribution is 2.28. The van der Waals surface area contributed by atoms with E-state index in [0.29, 0.717) is 5.92 Å². The van der Waals surface area contributed by atoms with Crippen LogP contribution in [0, 0.1) is 11.8 Å². The molecule has 1 rings (SSSR count). The summed E-state index contributed by atoms with van der Waals surface area (Å²) >= 11 is 0. The van der Waals surface area contributed by atoms with Gasteiger partial charge in [0.25, 0.3) is 0 Å². The van der Waals surface area contributed by atoms with Crippen molar-refractivity contribution in [1.82, 2.24) is 10.6 Å². The second kappa shape index (κ2) is 6.99. The van der Waals surface area contributed by atoms with E-state index in [0.717, 1.165) is 25.2 Å². The zero-order valence-electron chi connectivity index (χ0n) is 13.9. The molecule has 0 unspecified atom stereocenters. The van der Waals surface area contributed by atoms with E-state index in [4.69, 9.17) is 0 Å². The van der Waals surface area contributed by atoms with Crippen molar-refractivity contribution in [3.8, 4) is 0 Å². The first-order valence-corrected chi connectivity index (χ1v) is 9.45. The van der Waals surface area contributed by atoms with Gasteiger partial charge in [0.2, 0.25) is 0 Å². The Morgan fingerprint density at radius 3 is 2.33 bits per heavy atom. The third-order valence-electron chi connectivity index (χ3n) is 4.34. The maximum absolute atomic E-state index is 11.9.